The molecule has 0 saturated carbocycles. The van der Waals surface area contributed by atoms with Crippen LogP contribution in [0.2, 0.25) is 0 Å². The number of aromatic amines is 2. The lowest BCUT2D eigenvalue weighted by Gasteiger charge is -2.10. The summed E-state index contributed by atoms with van der Waals surface area (Å²) >= 11 is 0. The molecule has 0 fully saturated rings. The minimum absolute atomic E-state index is 0.237. The summed E-state index contributed by atoms with van der Waals surface area (Å²) < 4.78 is 17.4. The number of aromatic nitrogens is 2. The van der Waals surface area contributed by atoms with Gasteiger partial charge in [-0.05, 0) is 48.5 Å². The van der Waals surface area contributed by atoms with Gasteiger partial charge in [-0.1, -0.05) is 18.2 Å². The van der Waals surface area contributed by atoms with Crippen LogP contribution in [-0.4, -0.2) is 23.1 Å². The van der Waals surface area contributed by atoms with Gasteiger partial charge >= 0.3 is 7.32 Å². The molecule has 0 radical (unpaired) electrons. The molecular formula is C23H17BN4O4. The Morgan fingerprint density at radius 2 is 1.53 bits per heavy atom. The Balaban J connectivity index is 1.32. The van der Waals surface area contributed by atoms with Gasteiger partial charge in [-0.25, -0.2) is 0 Å². The van der Waals surface area contributed by atoms with Crippen molar-refractivity contribution in [2.24, 2.45) is 10.2 Å². The minimum Gasteiger partial charge on any atom is -0.488 e. The summed E-state index contributed by atoms with van der Waals surface area (Å²) in [6.45, 7) is 0. The second-order valence-electron chi connectivity index (χ2n) is 6.85. The molecule has 1 aliphatic heterocycles. The average molecular weight is 424 g/mol. The maximum atomic E-state index is 12.5. The van der Waals surface area contributed by atoms with Crippen molar-refractivity contribution in [3.8, 4) is 11.5 Å². The van der Waals surface area contributed by atoms with Crippen LogP contribution in [0.25, 0.3) is 5.76 Å². The molecule has 4 aromatic rings. The zero-order valence-corrected chi connectivity index (χ0v) is 16.8. The van der Waals surface area contributed by atoms with Crippen LogP contribution in [0.5, 0.6) is 11.5 Å². The topological polar surface area (TPSA) is 101 Å². The largest absolute Gasteiger partial charge is 0.864 e. The van der Waals surface area contributed by atoms with Gasteiger partial charge in [0.2, 0.25) is 5.78 Å². The molecule has 0 spiro atoms. The number of hydrogen-bond donors (Lipinski definition) is 2. The lowest BCUT2D eigenvalue weighted by molar-refractivity contribution is 0.104. The van der Waals surface area contributed by atoms with Crippen LogP contribution in [0, 0.1) is 0 Å². The highest BCUT2D eigenvalue weighted by Gasteiger charge is 2.39. The molecule has 0 aliphatic carbocycles. The monoisotopic (exact) mass is 424 g/mol. The molecule has 3 heterocycles. The maximum absolute atomic E-state index is 12.5. The van der Waals surface area contributed by atoms with Crippen LogP contribution >= 0.6 is 0 Å². The van der Waals surface area contributed by atoms with E-state index in [1.165, 1.54) is 6.08 Å². The van der Waals surface area contributed by atoms with Crippen LogP contribution < -0.4 is 9.31 Å². The van der Waals surface area contributed by atoms with Crippen molar-refractivity contribution < 1.29 is 18.8 Å². The van der Waals surface area contributed by atoms with E-state index >= 15 is 0 Å². The Kier molecular flexibility index (Phi) is 5.28. The van der Waals surface area contributed by atoms with E-state index in [-0.39, 0.29) is 11.5 Å². The van der Waals surface area contributed by atoms with Crippen molar-refractivity contribution in [1.29, 1.82) is 0 Å². The fraction of sp³-hybridized carbons (Fsp3) is 0. The fourth-order valence-corrected chi connectivity index (χ4v) is 3.08. The highest BCUT2D eigenvalue weighted by molar-refractivity contribution is 6.41. The van der Waals surface area contributed by atoms with E-state index in [9.17, 15) is 4.79 Å². The second-order valence-corrected chi connectivity index (χ2v) is 6.85. The molecule has 0 amide bonds. The molecule has 2 aromatic heterocycles. The van der Waals surface area contributed by atoms with Gasteiger partial charge in [0, 0.05) is 24.5 Å². The number of azo groups is 1. The zero-order chi connectivity index (χ0) is 21.8. The lowest BCUT2D eigenvalue weighted by atomic mass is 10.2. The molecule has 5 rings (SSSR count). The first-order valence-corrected chi connectivity index (χ1v) is 9.88. The molecule has 0 bridgehead atoms. The van der Waals surface area contributed by atoms with Gasteiger partial charge in [-0.3, -0.25) is 4.79 Å². The van der Waals surface area contributed by atoms with Crippen LogP contribution in [0.1, 0.15) is 16.2 Å². The van der Waals surface area contributed by atoms with Crippen LogP contribution in [0.4, 0.5) is 11.4 Å². The number of carbonyl (C=O) groups excluding carboxylic acids is 1. The number of nitrogens with one attached hydrogen (secondary N) is 2. The molecule has 32 heavy (non-hydrogen) atoms. The Bertz CT molecular complexity index is 1270. The first kappa shape index (κ1) is 19.4. The van der Waals surface area contributed by atoms with E-state index in [1.54, 1.807) is 54.9 Å². The van der Waals surface area contributed by atoms with Crippen molar-refractivity contribution in [3.05, 3.63) is 103 Å². The van der Waals surface area contributed by atoms with Crippen molar-refractivity contribution >= 4 is 30.2 Å². The zero-order valence-electron chi connectivity index (χ0n) is 16.8. The van der Waals surface area contributed by atoms with E-state index in [4.69, 9.17) is 14.0 Å². The van der Waals surface area contributed by atoms with E-state index < -0.39 is 7.32 Å². The number of allylic oxidation sites excluding steroid dienone is 1. The normalized spacial score (nSPS) is 13.0. The van der Waals surface area contributed by atoms with E-state index in [0.717, 1.165) is 5.69 Å². The van der Waals surface area contributed by atoms with Gasteiger partial charge in [0.15, 0.2) is 0 Å². The highest BCUT2D eigenvalue weighted by Crippen LogP contribution is 2.38. The number of carbonyl (C=O) groups is 1. The summed E-state index contributed by atoms with van der Waals surface area (Å²) in [7, 11) is -1.06. The molecule has 2 N–H and O–H groups in total. The van der Waals surface area contributed by atoms with Gasteiger partial charge < -0.3 is 23.9 Å². The Morgan fingerprint density at radius 1 is 0.812 bits per heavy atom. The third-order valence-electron chi connectivity index (χ3n) is 4.62. The van der Waals surface area contributed by atoms with Crippen LogP contribution in [0.3, 0.4) is 0 Å². The second kappa shape index (κ2) is 8.69. The first-order valence-electron chi connectivity index (χ1n) is 9.88. The first-order chi connectivity index (χ1) is 15.7. The number of nitrogens with zero attached hydrogens (tertiary/aromatic N) is 2. The molecule has 0 unspecified atom stereocenters. The van der Waals surface area contributed by atoms with Crippen LogP contribution in [0.15, 0.2) is 101 Å². The number of ketones is 1. The number of benzene rings is 2. The molecule has 0 saturated heterocycles. The third kappa shape index (κ3) is 4.31. The van der Waals surface area contributed by atoms with Crippen LogP contribution in [-0.2, 0) is 4.65 Å². The van der Waals surface area contributed by atoms with Gasteiger partial charge in [-0.15, -0.1) is 0 Å². The van der Waals surface area contributed by atoms with E-state index in [2.05, 4.69) is 20.2 Å². The molecule has 2 aromatic carbocycles. The Morgan fingerprint density at radius 3 is 2.28 bits per heavy atom. The smallest absolute Gasteiger partial charge is 0.488 e. The summed E-state index contributed by atoms with van der Waals surface area (Å²) in [4.78, 5) is 18.4. The highest BCUT2D eigenvalue weighted by atomic mass is 16.8. The van der Waals surface area contributed by atoms with Crippen molar-refractivity contribution in [2.45, 2.75) is 0 Å². The lowest BCUT2D eigenvalue weighted by Crippen LogP contribution is -2.28. The van der Waals surface area contributed by atoms with E-state index in [0.29, 0.717) is 28.6 Å². The summed E-state index contributed by atoms with van der Waals surface area (Å²) in [6, 6.07) is 21.7. The van der Waals surface area contributed by atoms with E-state index in [1.807, 2.05) is 30.3 Å². The van der Waals surface area contributed by atoms with Crippen molar-refractivity contribution in [1.82, 2.24) is 9.97 Å². The Labute approximate surface area is 183 Å². The molecule has 0 atom stereocenters. The molecule has 8 nitrogen and oxygen atoms in total. The van der Waals surface area contributed by atoms with Gasteiger partial charge in [0.1, 0.15) is 17.3 Å². The van der Waals surface area contributed by atoms with Crippen molar-refractivity contribution in [3.63, 3.8) is 0 Å². The number of fused-ring (bicyclic) bond motifs is 1. The van der Waals surface area contributed by atoms with Crippen molar-refractivity contribution in [2.75, 3.05) is 0 Å². The quantitative estimate of drug-likeness (QED) is 0.135. The third-order valence-corrected chi connectivity index (χ3v) is 4.62. The molecular weight excluding hydrogens is 407 g/mol. The number of H-pyrrole nitrogens is 2. The molecule has 1 aliphatic rings. The fourth-order valence-electron chi connectivity index (χ4n) is 3.08. The number of rotatable bonds is 7. The predicted octanol–water partition coefficient (Wildman–Crippen LogP) is 5.45. The predicted molar refractivity (Wildman–Crippen MR) is 119 cm³/mol. The van der Waals surface area contributed by atoms with Gasteiger partial charge in [0.05, 0.1) is 22.8 Å². The average Bonchev–Trinajstić information content (AvgIpc) is 3.59. The SMILES string of the molecule is O=C(/C=C(\OB1Oc2ccc(N=Nc3ccccc3)cc2O1)c1ccc[nH]1)c1ccc[nH]1. The molecule has 9 heteroatoms. The summed E-state index contributed by atoms with van der Waals surface area (Å²) in [6.07, 6.45) is 4.80. The van der Waals surface area contributed by atoms with Gasteiger partial charge in [-0.2, -0.15) is 10.2 Å². The summed E-state index contributed by atoms with van der Waals surface area (Å²) in [5, 5.41) is 8.44. The number of hydrogen-bond acceptors (Lipinski definition) is 6. The standard InChI is InChI=1S/C23H17BN4O4/c29-20(18-8-4-12-25-18)15-22(19-9-5-13-26-19)31-24-30-21-11-10-17(14-23(21)32-24)28-27-16-6-2-1-3-7-16/h1-15,25-26H/b22-15-,28-27?. The van der Waals surface area contributed by atoms with Gasteiger partial charge in [0.25, 0.3) is 0 Å². The minimum atomic E-state index is -1.06. The molecule has 156 valence electrons. The Hall–Kier alpha value is -4.53. The summed E-state index contributed by atoms with van der Waals surface area (Å²) in [5.74, 6) is 1.03. The maximum Gasteiger partial charge on any atom is 0.864 e. The summed E-state index contributed by atoms with van der Waals surface area (Å²) in [5.41, 5.74) is 2.42.